The van der Waals surface area contributed by atoms with Gasteiger partial charge in [-0.2, -0.15) is 5.26 Å². The van der Waals surface area contributed by atoms with Crippen molar-refractivity contribution in [3.63, 3.8) is 0 Å². The van der Waals surface area contributed by atoms with Gasteiger partial charge < -0.3 is 5.32 Å². The number of amides is 1. The van der Waals surface area contributed by atoms with Gasteiger partial charge in [-0.05, 0) is 30.5 Å². The third kappa shape index (κ3) is 3.52. The molecule has 3 nitrogen and oxygen atoms in total. The summed E-state index contributed by atoms with van der Waals surface area (Å²) in [4.78, 5) is 12.3. The average Bonchev–Trinajstić information content (AvgIpc) is 2.73. The number of halogens is 1. The summed E-state index contributed by atoms with van der Waals surface area (Å²) in [6.07, 6.45) is 5.77. The zero-order chi connectivity index (χ0) is 14.4. The van der Waals surface area contributed by atoms with E-state index in [-0.39, 0.29) is 5.91 Å². The van der Waals surface area contributed by atoms with Crippen molar-refractivity contribution in [2.45, 2.75) is 49.9 Å². The predicted molar refractivity (Wildman–Crippen MR) is 79.5 cm³/mol. The molecule has 0 aromatic heterocycles. The van der Waals surface area contributed by atoms with Gasteiger partial charge in [0, 0.05) is 11.4 Å². The Morgan fingerprint density at radius 3 is 2.30 bits per heavy atom. The maximum absolute atomic E-state index is 12.3. The molecule has 0 atom stereocenters. The summed E-state index contributed by atoms with van der Waals surface area (Å²) in [7, 11) is 0. The average molecular weight is 291 g/mol. The molecule has 0 saturated heterocycles. The second kappa shape index (κ2) is 6.76. The lowest BCUT2D eigenvalue weighted by Crippen LogP contribution is -2.47. The predicted octanol–water partition coefficient (Wildman–Crippen LogP) is 3.77. The molecule has 0 spiro atoms. The first-order chi connectivity index (χ1) is 9.69. The van der Waals surface area contributed by atoms with Gasteiger partial charge in [-0.25, -0.2) is 0 Å². The quantitative estimate of drug-likeness (QED) is 0.680. The van der Waals surface area contributed by atoms with E-state index >= 15 is 0 Å². The highest BCUT2D eigenvalue weighted by atomic mass is 35.5. The third-order valence-corrected chi connectivity index (χ3v) is 4.20. The number of nitrogens with zero attached hydrogens (tertiary/aromatic N) is 1. The summed E-state index contributed by atoms with van der Waals surface area (Å²) in [5.74, 6) is 0.263. The van der Waals surface area contributed by atoms with E-state index in [2.05, 4.69) is 11.4 Å². The third-order valence-electron chi connectivity index (χ3n) is 3.89. The number of carbonyl (C=O) groups is 1. The first-order valence-electron chi connectivity index (χ1n) is 7.08. The summed E-state index contributed by atoms with van der Waals surface area (Å²) in [6.45, 7) is 0. The Labute approximate surface area is 124 Å². The second-order valence-corrected chi connectivity index (χ2v) is 5.66. The zero-order valence-electron chi connectivity index (χ0n) is 11.5. The van der Waals surface area contributed by atoms with Crippen molar-refractivity contribution in [1.82, 2.24) is 5.32 Å². The van der Waals surface area contributed by atoms with Gasteiger partial charge in [0.15, 0.2) is 0 Å². The van der Waals surface area contributed by atoms with Gasteiger partial charge in [0.05, 0.1) is 6.07 Å². The highest BCUT2D eigenvalue weighted by Crippen LogP contribution is 2.27. The molecular formula is C16H19ClN2O. The van der Waals surface area contributed by atoms with Crippen LogP contribution in [0.15, 0.2) is 24.3 Å². The molecule has 0 aliphatic heterocycles. The summed E-state index contributed by atoms with van der Waals surface area (Å²) in [6, 6.07) is 9.53. The maximum atomic E-state index is 12.3. The van der Waals surface area contributed by atoms with Crippen LogP contribution in [-0.4, -0.2) is 11.4 Å². The highest BCUT2D eigenvalue weighted by molar-refractivity contribution is 6.17. The Morgan fingerprint density at radius 1 is 1.20 bits per heavy atom. The number of benzene rings is 1. The van der Waals surface area contributed by atoms with Crippen molar-refractivity contribution in [3.8, 4) is 6.07 Å². The SMILES string of the molecule is N#CC1(NC(=O)c2ccc(CCl)cc2)CCCCCC1. The molecule has 2 rings (SSSR count). The summed E-state index contributed by atoms with van der Waals surface area (Å²) >= 11 is 5.73. The number of hydrogen-bond acceptors (Lipinski definition) is 2. The molecule has 1 aromatic carbocycles. The lowest BCUT2D eigenvalue weighted by molar-refractivity contribution is 0.0913. The van der Waals surface area contributed by atoms with Crippen molar-refractivity contribution in [3.05, 3.63) is 35.4 Å². The van der Waals surface area contributed by atoms with E-state index in [9.17, 15) is 10.1 Å². The van der Waals surface area contributed by atoms with Gasteiger partial charge in [0.2, 0.25) is 0 Å². The fraction of sp³-hybridized carbons (Fsp3) is 0.500. The summed E-state index contributed by atoms with van der Waals surface area (Å²) in [5.41, 5.74) is 0.865. The van der Waals surface area contributed by atoms with E-state index in [0.29, 0.717) is 11.4 Å². The van der Waals surface area contributed by atoms with Gasteiger partial charge >= 0.3 is 0 Å². The molecule has 1 saturated carbocycles. The van der Waals surface area contributed by atoms with Gasteiger partial charge in [-0.3, -0.25) is 4.79 Å². The smallest absolute Gasteiger partial charge is 0.252 e. The van der Waals surface area contributed by atoms with Crippen LogP contribution in [-0.2, 0) is 5.88 Å². The van der Waals surface area contributed by atoms with Crippen molar-refractivity contribution >= 4 is 17.5 Å². The molecule has 0 bridgehead atoms. The van der Waals surface area contributed by atoms with Gasteiger partial charge in [0.1, 0.15) is 5.54 Å². The monoisotopic (exact) mass is 290 g/mol. The molecule has 1 amide bonds. The topological polar surface area (TPSA) is 52.9 Å². The fourth-order valence-corrected chi connectivity index (χ4v) is 2.81. The van der Waals surface area contributed by atoms with Crippen LogP contribution in [0, 0.1) is 11.3 Å². The first-order valence-corrected chi connectivity index (χ1v) is 7.61. The Kier molecular flexibility index (Phi) is 5.03. The summed E-state index contributed by atoms with van der Waals surface area (Å²) in [5, 5.41) is 12.4. The molecule has 1 fully saturated rings. The van der Waals surface area contributed by atoms with Crippen LogP contribution in [0.2, 0.25) is 0 Å². The molecule has 0 heterocycles. The van der Waals surface area contributed by atoms with Gasteiger partial charge in [-0.1, -0.05) is 37.8 Å². The van der Waals surface area contributed by atoms with Crippen molar-refractivity contribution in [1.29, 1.82) is 5.26 Å². The van der Waals surface area contributed by atoms with Gasteiger partial charge in [-0.15, -0.1) is 11.6 Å². The van der Waals surface area contributed by atoms with Crippen LogP contribution in [0.3, 0.4) is 0 Å². The molecule has 20 heavy (non-hydrogen) atoms. The van der Waals surface area contributed by atoms with E-state index in [0.717, 1.165) is 44.1 Å². The van der Waals surface area contributed by atoms with E-state index in [4.69, 9.17) is 11.6 Å². The van der Waals surface area contributed by atoms with E-state index < -0.39 is 5.54 Å². The molecule has 0 radical (unpaired) electrons. The van der Waals surface area contributed by atoms with Crippen molar-refractivity contribution < 1.29 is 4.79 Å². The minimum absolute atomic E-state index is 0.172. The largest absolute Gasteiger partial charge is 0.334 e. The Hall–Kier alpha value is -1.53. The van der Waals surface area contributed by atoms with Crippen molar-refractivity contribution in [2.75, 3.05) is 0 Å². The van der Waals surface area contributed by atoms with Crippen molar-refractivity contribution in [2.24, 2.45) is 0 Å². The highest BCUT2D eigenvalue weighted by Gasteiger charge is 2.32. The number of alkyl halides is 1. The zero-order valence-corrected chi connectivity index (χ0v) is 12.2. The number of nitrogens with one attached hydrogen (secondary N) is 1. The number of rotatable bonds is 3. The molecule has 1 aliphatic rings. The van der Waals surface area contributed by atoms with Gasteiger partial charge in [0.25, 0.3) is 5.91 Å². The van der Waals surface area contributed by atoms with Crippen LogP contribution < -0.4 is 5.32 Å². The molecule has 0 unspecified atom stereocenters. The standard InChI is InChI=1S/C16H19ClN2O/c17-11-13-5-7-14(8-6-13)15(20)19-16(12-18)9-3-1-2-4-10-16/h5-8H,1-4,9-11H2,(H,19,20). The Morgan fingerprint density at radius 2 is 1.80 bits per heavy atom. The second-order valence-electron chi connectivity index (χ2n) is 5.39. The Balaban J connectivity index is 2.10. The van der Waals surface area contributed by atoms with Crippen LogP contribution in [0.4, 0.5) is 0 Å². The van der Waals surface area contributed by atoms with Crippen LogP contribution in [0.1, 0.15) is 54.4 Å². The van der Waals surface area contributed by atoms with E-state index in [1.807, 2.05) is 12.1 Å². The van der Waals surface area contributed by atoms with Crippen LogP contribution >= 0.6 is 11.6 Å². The molecule has 1 N–H and O–H groups in total. The minimum atomic E-state index is -0.696. The minimum Gasteiger partial charge on any atom is -0.334 e. The first kappa shape index (κ1) is 14.9. The van der Waals surface area contributed by atoms with Crippen LogP contribution in [0.25, 0.3) is 0 Å². The number of hydrogen-bond donors (Lipinski definition) is 1. The van der Waals surface area contributed by atoms with E-state index in [1.165, 1.54) is 0 Å². The molecule has 1 aromatic rings. The molecular weight excluding hydrogens is 272 g/mol. The normalized spacial score (nSPS) is 17.8. The number of nitriles is 1. The molecule has 1 aliphatic carbocycles. The molecule has 4 heteroatoms. The lowest BCUT2D eigenvalue weighted by Gasteiger charge is -2.26. The summed E-state index contributed by atoms with van der Waals surface area (Å²) < 4.78 is 0. The van der Waals surface area contributed by atoms with Crippen LogP contribution in [0.5, 0.6) is 0 Å². The lowest BCUT2D eigenvalue weighted by atomic mass is 9.91. The number of carbonyl (C=O) groups excluding carboxylic acids is 1. The van der Waals surface area contributed by atoms with E-state index in [1.54, 1.807) is 12.1 Å². The fourth-order valence-electron chi connectivity index (χ4n) is 2.63. The Bertz CT molecular complexity index is 496. The maximum Gasteiger partial charge on any atom is 0.252 e. The molecule has 106 valence electrons.